The first-order chi connectivity index (χ1) is 33.7. The number of aromatic nitrogens is 1. The number of hydrogen-bond acceptors (Lipinski definition) is 1. The van der Waals surface area contributed by atoms with Gasteiger partial charge in [-0.05, 0) is 163 Å². The lowest BCUT2D eigenvalue weighted by atomic mass is 9.86. The second-order valence-electron chi connectivity index (χ2n) is 18.4. The summed E-state index contributed by atoms with van der Waals surface area (Å²) < 4.78 is 2.43. The molecule has 11 aromatic rings. The van der Waals surface area contributed by atoms with E-state index in [1.807, 2.05) is 0 Å². The van der Waals surface area contributed by atoms with Crippen LogP contribution in [0.3, 0.4) is 0 Å². The molecule has 0 spiro atoms. The Labute approximate surface area is 397 Å². The molecular weight excluding hydrogens is 821 g/mol. The molecular formula is C66H48N2. The van der Waals surface area contributed by atoms with E-state index in [-0.39, 0.29) is 0 Å². The van der Waals surface area contributed by atoms with Gasteiger partial charge in [-0.3, -0.25) is 0 Å². The molecule has 322 valence electrons. The molecule has 0 aliphatic heterocycles. The van der Waals surface area contributed by atoms with Gasteiger partial charge in [0, 0.05) is 39.4 Å². The van der Waals surface area contributed by atoms with Gasteiger partial charge in [-0.15, -0.1) is 0 Å². The van der Waals surface area contributed by atoms with Gasteiger partial charge >= 0.3 is 0 Å². The number of nitrogens with zero attached hydrogens (tertiary/aromatic N) is 2. The van der Waals surface area contributed by atoms with Crippen LogP contribution in [-0.2, 0) is 6.42 Å². The molecule has 0 fully saturated rings. The van der Waals surface area contributed by atoms with Crippen molar-refractivity contribution in [2.75, 3.05) is 4.90 Å². The first-order valence-corrected chi connectivity index (χ1v) is 24.0. The second kappa shape index (κ2) is 16.8. The van der Waals surface area contributed by atoms with Gasteiger partial charge in [0.25, 0.3) is 0 Å². The van der Waals surface area contributed by atoms with E-state index in [0.29, 0.717) is 5.92 Å². The van der Waals surface area contributed by atoms with E-state index in [4.69, 9.17) is 0 Å². The molecule has 1 heterocycles. The maximum absolute atomic E-state index is 2.49. The minimum absolute atomic E-state index is 0.306. The fourth-order valence-electron chi connectivity index (χ4n) is 11.0. The highest BCUT2D eigenvalue weighted by Crippen LogP contribution is 2.44. The van der Waals surface area contributed by atoms with Crippen molar-refractivity contribution in [1.82, 2.24) is 4.57 Å². The predicted molar refractivity (Wildman–Crippen MR) is 289 cm³/mol. The molecule has 0 saturated heterocycles. The summed E-state index contributed by atoms with van der Waals surface area (Å²) in [7, 11) is 0. The molecule has 0 radical (unpaired) electrons. The Morgan fingerprint density at radius 1 is 0.471 bits per heavy atom. The smallest absolute Gasteiger partial charge is 0.0547 e. The summed E-state index contributed by atoms with van der Waals surface area (Å²) in [4.78, 5) is 2.46. The molecule has 0 saturated carbocycles. The van der Waals surface area contributed by atoms with Crippen LogP contribution in [0, 0.1) is 0 Å². The summed E-state index contributed by atoms with van der Waals surface area (Å²) in [6.07, 6.45) is 12.9. The fourth-order valence-corrected chi connectivity index (χ4v) is 11.0. The molecule has 1 unspecified atom stereocenters. The zero-order valence-corrected chi connectivity index (χ0v) is 37.8. The van der Waals surface area contributed by atoms with Crippen LogP contribution in [0.1, 0.15) is 35.4 Å². The highest BCUT2D eigenvalue weighted by molar-refractivity contribution is 6.18. The normalized spacial score (nSPS) is 14.0. The van der Waals surface area contributed by atoms with Crippen molar-refractivity contribution in [3.05, 3.63) is 258 Å². The van der Waals surface area contributed by atoms with Gasteiger partial charge in [-0.2, -0.15) is 0 Å². The molecule has 13 rings (SSSR count). The second-order valence-corrected chi connectivity index (χ2v) is 18.4. The van der Waals surface area contributed by atoms with E-state index >= 15 is 0 Å². The Morgan fingerprint density at radius 2 is 1.13 bits per heavy atom. The lowest BCUT2D eigenvalue weighted by molar-refractivity contribution is 0.915. The summed E-state index contributed by atoms with van der Waals surface area (Å²) in [5, 5.41) is 7.71. The molecule has 68 heavy (non-hydrogen) atoms. The number of rotatable bonds is 8. The van der Waals surface area contributed by atoms with Crippen LogP contribution in [0.15, 0.2) is 231 Å². The van der Waals surface area contributed by atoms with E-state index < -0.39 is 0 Å². The topological polar surface area (TPSA) is 8.17 Å². The number of para-hydroxylation sites is 1. The van der Waals surface area contributed by atoms with E-state index in [1.54, 1.807) is 0 Å². The average molecular weight is 869 g/mol. The quantitative estimate of drug-likeness (QED) is 0.148. The Morgan fingerprint density at radius 3 is 1.88 bits per heavy atom. The van der Waals surface area contributed by atoms with Crippen LogP contribution in [0.5, 0.6) is 0 Å². The van der Waals surface area contributed by atoms with E-state index in [1.165, 1.54) is 93.1 Å². The SMILES string of the molecule is C1=Cc2c(ccc3c2=CCC(c2ccc(N(c4cc(-c5ccccc5)cc(-c5ccccc5)c4)c4cccc(-c5cccc6c5c5cc7ccccc7cc5n6-c5ccccc5)c4)cc2)C=3)CC1. The summed E-state index contributed by atoms with van der Waals surface area (Å²) in [6, 6.07) is 82.9. The van der Waals surface area contributed by atoms with Crippen molar-refractivity contribution >= 4 is 67.9 Å². The van der Waals surface area contributed by atoms with Gasteiger partial charge in [-0.25, -0.2) is 0 Å². The molecule has 1 atom stereocenters. The van der Waals surface area contributed by atoms with Gasteiger partial charge in [0.1, 0.15) is 0 Å². The number of anilines is 3. The van der Waals surface area contributed by atoms with Crippen LogP contribution >= 0.6 is 0 Å². The zero-order valence-electron chi connectivity index (χ0n) is 37.8. The highest BCUT2D eigenvalue weighted by Gasteiger charge is 2.21. The number of hydrogen-bond donors (Lipinski definition) is 0. The summed E-state index contributed by atoms with van der Waals surface area (Å²) in [5.41, 5.74) is 18.2. The van der Waals surface area contributed by atoms with E-state index in [0.717, 1.165) is 42.0 Å². The third kappa shape index (κ3) is 7.05. The molecule has 2 aliphatic rings. The van der Waals surface area contributed by atoms with Crippen molar-refractivity contribution in [3.63, 3.8) is 0 Å². The zero-order chi connectivity index (χ0) is 45.0. The Hall–Kier alpha value is -8.46. The maximum atomic E-state index is 2.49. The first kappa shape index (κ1) is 39.9. The van der Waals surface area contributed by atoms with Gasteiger partial charge in [0.15, 0.2) is 0 Å². The van der Waals surface area contributed by atoms with Crippen molar-refractivity contribution < 1.29 is 0 Å². The summed E-state index contributed by atoms with van der Waals surface area (Å²) in [5.74, 6) is 0.306. The number of allylic oxidation sites excluding steroid dienone is 1. The van der Waals surface area contributed by atoms with Crippen molar-refractivity contribution in [1.29, 1.82) is 0 Å². The first-order valence-electron chi connectivity index (χ1n) is 24.0. The van der Waals surface area contributed by atoms with Crippen LogP contribution in [0.25, 0.3) is 89.9 Å². The molecule has 10 aromatic carbocycles. The summed E-state index contributed by atoms with van der Waals surface area (Å²) in [6.45, 7) is 0. The number of benzene rings is 10. The fraction of sp³-hybridized carbons (Fsp3) is 0.0606. The summed E-state index contributed by atoms with van der Waals surface area (Å²) >= 11 is 0. The minimum atomic E-state index is 0.306. The van der Waals surface area contributed by atoms with Gasteiger partial charge in [-0.1, -0.05) is 176 Å². The largest absolute Gasteiger partial charge is 0.310 e. The molecule has 2 heteroatoms. The Kier molecular flexibility index (Phi) is 9.83. The maximum Gasteiger partial charge on any atom is 0.0547 e. The van der Waals surface area contributed by atoms with E-state index in [2.05, 4.69) is 258 Å². The van der Waals surface area contributed by atoms with Crippen LogP contribution in [-0.4, -0.2) is 4.57 Å². The average Bonchev–Trinajstić information content (AvgIpc) is 3.74. The van der Waals surface area contributed by atoms with Gasteiger partial charge in [0.05, 0.1) is 11.0 Å². The Balaban J connectivity index is 0.988. The lowest BCUT2D eigenvalue weighted by Crippen LogP contribution is -2.32. The van der Waals surface area contributed by atoms with Crippen LogP contribution < -0.4 is 15.3 Å². The van der Waals surface area contributed by atoms with Gasteiger partial charge in [0.2, 0.25) is 0 Å². The molecule has 1 aromatic heterocycles. The monoisotopic (exact) mass is 868 g/mol. The lowest BCUT2D eigenvalue weighted by Gasteiger charge is -2.28. The molecule has 2 aliphatic carbocycles. The Bertz CT molecular complexity index is 3800. The molecule has 0 N–H and O–H groups in total. The minimum Gasteiger partial charge on any atom is -0.310 e. The van der Waals surface area contributed by atoms with Crippen molar-refractivity contribution in [3.8, 4) is 39.1 Å². The number of fused-ring (bicyclic) bond motifs is 7. The predicted octanol–water partition coefficient (Wildman–Crippen LogP) is 16.1. The molecule has 0 bridgehead atoms. The van der Waals surface area contributed by atoms with E-state index in [9.17, 15) is 0 Å². The molecule has 2 nitrogen and oxygen atoms in total. The van der Waals surface area contributed by atoms with Gasteiger partial charge < -0.3 is 9.47 Å². The number of aryl methyl sites for hydroxylation is 1. The van der Waals surface area contributed by atoms with Crippen LogP contribution in [0.4, 0.5) is 17.1 Å². The van der Waals surface area contributed by atoms with Crippen LogP contribution in [0.2, 0.25) is 0 Å². The van der Waals surface area contributed by atoms with Crippen molar-refractivity contribution in [2.24, 2.45) is 0 Å². The van der Waals surface area contributed by atoms with Crippen molar-refractivity contribution in [2.45, 2.75) is 25.2 Å². The molecule has 0 amide bonds. The third-order valence-corrected chi connectivity index (χ3v) is 14.3. The standard InChI is InChI=1S/C66H48N2/c1-4-16-45(17-5-1)54-39-55(46-18-6-2-7-19-46)42-59(41-54)67(57-35-32-47(33-36-57)51-34-37-61-53(38-51)31-30-48-20-12-13-27-60(48)61)58-26-14-23-52(40-58)62-28-15-29-64-66(62)63-43-49-21-10-11-22-50(49)44-65(63)68(64)56-24-8-3-9-25-56/h1-11,13-19,21-33,35-44,51H,12,20,34H2. The highest BCUT2D eigenvalue weighted by atomic mass is 15.1. The third-order valence-electron chi connectivity index (χ3n) is 14.3.